The van der Waals surface area contributed by atoms with Crippen molar-refractivity contribution >= 4 is 11.9 Å². The molecule has 0 bridgehead atoms. The zero-order valence-corrected chi connectivity index (χ0v) is 11.7. The van der Waals surface area contributed by atoms with Crippen LogP contribution in [0, 0.1) is 5.92 Å². The van der Waals surface area contributed by atoms with Gasteiger partial charge in [0.1, 0.15) is 0 Å². The Hall–Kier alpha value is -1.35. The number of hydrogen-bond acceptors (Lipinski definition) is 2. The second kappa shape index (κ2) is 5.53. The van der Waals surface area contributed by atoms with Crippen molar-refractivity contribution in [3.05, 3.63) is 30.3 Å². The molecular weight excluding hydrogens is 222 g/mol. The molecule has 0 aromatic heterocycles. The monoisotopic (exact) mass is 246 g/mol. The van der Waals surface area contributed by atoms with E-state index in [0.29, 0.717) is 5.92 Å². The molecule has 0 amide bonds. The van der Waals surface area contributed by atoms with Crippen molar-refractivity contribution in [3.63, 3.8) is 0 Å². The lowest BCUT2D eigenvalue weighted by molar-refractivity contribution is -0.895. The first-order valence-corrected chi connectivity index (χ1v) is 6.72. The third-order valence-electron chi connectivity index (χ3n) is 3.79. The fraction of sp³-hybridized carbons (Fsp3) is 0.533. The lowest BCUT2D eigenvalue weighted by Gasteiger charge is -2.36. The van der Waals surface area contributed by atoms with Crippen LogP contribution in [-0.4, -0.2) is 44.9 Å². The van der Waals surface area contributed by atoms with Gasteiger partial charge in [-0.15, -0.1) is 0 Å². The summed E-state index contributed by atoms with van der Waals surface area (Å²) in [5.41, 5.74) is 1.14. The van der Waals surface area contributed by atoms with Crippen molar-refractivity contribution in [1.29, 1.82) is 0 Å². The summed E-state index contributed by atoms with van der Waals surface area (Å²) in [6.07, 6.45) is 4.63. The Bertz CT molecular complexity index is 387. The number of rotatable bonds is 3. The molecule has 3 heteroatoms. The van der Waals surface area contributed by atoms with E-state index in [1.54, 1.807) is 0 Å². The average molecular weight is 246 g/mol. The summed E-state index contributed by atoms with van der Waals surface area (Å²) in [6, 6.07) is 10.3. The molecule has 0 radical (unpaired) electrons. The van der Waals surface area contributed by atoms with Gasteiger partial charge in [-0.05, 0) is 12.1 Å². The van der Waals surface area contributed by atoms with Gasteiger partial charge in [0.25, 0.3) is 0 Å². The molecule has 2 rings (SSSR count). The van der Waals surface area contributed by atoms with Crippen molar-refractivity contribution < 1.29 is 4.48 Å². The third kappa shape index (κ3) is 3.57. The molecule has 1 fully saturated rings. The van der Waals surface area contributed by atoms with Crippen LogP contribution in [0.25, 0.3) is 0 Å². The Morgan fingerprint density at radius 2 is 1.78 bits per heavy atom. The molecule has 0 atom stereocenters. The fourth-order valence-corrected chi connectivity index (χ4v) is 2.34. The van der Waals surface area contributed by atoms with Crippen molar-refractivity contribution in [2.45, 2.75) is 12.8 Å². The third-order valence-corrected chi connectivity index (χ3v) is 3.79. The Labute approximate surface area is 110 Å². The molecule has 0 saturated carbocycles. The minimum absolute atomic E-state index is 0.641. The highest BCUT2D eigenvalue weighted by Gasteiger charge is 2.24. The van der Waals surface area contributed by atoms with Crippen LogP contribution < -0.4 is 5.01 Å². The quantitative estimate of drug-likeness (QED) is 0.455. The van der Waals surface area contributed by atoms with Crippen LogP contribution >= 0.6 is 0 Å². The average Bonchev–Trinajstić information content (AvgIpc) is 2.38. The minimum atomic E-state index is 0.641. The van der Waals surface area contributed by atoms with Crippen LogP contribution in [0.15, 0.2) is 35.4 Å². The second-order valence-electron chi connectivity index (χ2n) is 5.84. The number of nitrogens with zero attached hydrogens (tertiary/aromatic N) is 3. The van der Waals surface area contributed by atoms with Gasteiger partial charge in [0.15, 0.2) is 0 Å². The van der Waals surface area contributed by atoms with E-state index in [0.717, 1.165) is 10.2 Å². The van der Waals surface area contributed by atoms with Crippen molar-refractivity contribution in [2.24, 2.45) is 11.0 Å². The first-order chi connectivity index (χ1) is 8.57. The summed E-state index contributed by atoms with van der Waals surface area (Å²) in [7, 11) is 6.63. The molecular formula is C15H24N3+. The van der Waals surface area contributed by atoms with Crippen LogP contribution in [0.2, 0.25) is 0 Å². The first-order valence-electron chi connectivity index (χ1n) is 6.72. The molecule has 1 aromatic carbocycles. The van der Waals surface area contributed by atoms with E-state index in [-0.39, 0.29) is 0 Å². The lowest BCUT2D eigenvalue weighted by Crippen LogP contribution is -2.46. The standard InChI is InChI=1S/C15H24N3/c1-17(15-7-5-4-6-8-15)16-13-14-9-11-18(2,3)12-10-14/h4-8,13-14H,9-12H2,1-3H3/q+1. The zero-order chi connectivity index (χ0) is 13.0. The fourth-order valence-electron chi connectivity index (χ4n) is 2.34. The molecule has 1 aliphatic rings. The molecule has 1 saturated heterocycles. The number of anilines is 1. The molecule has 0 N–H and O–H groups in total. The molecule has 3 nitrogen and oxygen atoms in total. The van der Waals surface area contributed by atoms with E-state index in [1.807, 2.05) is 30.3 Å². The molecule has 1 heterocycles. The van der Waals surface area contributed by atoms with Gasteiger partial charge in [-0.1, -0.05) is 18.2 Å². The van der Waals surface area contributed by atoms with Gasteiger partial charge in [-0.3, -0.25) is 5.01 Å². The van der Waals surface area contributed by atoms with Gasteiger partial charge >= 0.3 is 0 Å². The molecule has 1 aliphatic heterocycles. The molecule has 18 heavy (non-hydrogen) atoms. The van der Waals surface area contributed by atoms with Crippen LogP contribution in [0.1, 0.15) is 12.8 Å². The summed E-state index contributed by atoms with van der Waals surface area (Å²) in [4.78, 5) is 0. The highest BCUT2D eigenvalue weighted by atomic mass is 15.4. The summed E-state index contributed by atoms with van der Waals surface area (Å²) < 4.78 is 1.15. The SMILES string of the molecule is CN(N=CC1CC[N+](C)(C)CC1)c1ccccc1. The van der Waals surface area contributed by atoms with E-state index in [1.165, 1.54) is 25.9 Å². The molecule has 1 aromatic rings. The maximum absolute atomic E-state index is 4.57. The van der Waals surface area contributed by atoms with E-state index in [2.05, 4.69) is 37.5 Å². The maximum atomic E-state index is 4.57. The van der Waals surface area contributed by atoms with Crippen LogP contribution in [-0.2, 0) is 0 Å². The number of hydrogen-bond donors (Lipinski definition) is 0. The van der Waals surface area contributed by atoms with E-state index in [4.69, 9.17) is 0 Å². The number of quaternary nitrogens is 1. The first kappa shape index (κ1) is 13.1. The van der Waals surface area contributed by atoms with Crippen molar-refractivity contribution in [1.82, 2.24) is 0 Å². The minimum Gasteiger partial charge on any atom is -0.328 e. The van der Waals surface area contributed by atoms with E-state index >= 15 is 0 Å². The second-order valence-corrected chi connectivity index (χ2v) is 5.84. The number of hydrazone groups is 1. The van der Waals surface area contributed by atoms with Gasteiger partial charge in [0.05, 0.1) is 32.9 Å². The highest BCUT2D eigenvalue weighted by Crippen LogP contribution is 2.19. The van der Waals surface area contributed by atoms with Gasteiger partial charge in [-0.25, -0.2) is 0 Å². The molecule has 0 aliphatic carbocycles. The van der Waals surface area contributed by atoms with Crippen molar-refractivity contribution in [3.8, 4) is 0 Å². The smallest absolute Gasteiger partial charge is 0.0788 e. The normalized spacial score (nSPS) is 20.2. The van der Waals surface area contributed by atoms with Crippen LogP contribution in [0.5, 0.6) is 0 Å². The Balaban J connectivity index is 1.88. The molecule has 98 valence electrons. The largest absolute Gasteiger partial charge is 0.328 e. The van der Waals surface area contributed by atoms with Crippen LogP contribution in [0.4, 0.5) is 5.69 Å². The van der Waals surface area contributed by atoms with Gasteiger partial charge in [0, 0.05) is 32.0 Å². The van der Waals surface area contributed by atoms with Crippen molar-refractivity contribution in [2.75, 3.05) is 39.2 Å². The maximum Gasteiger partial charge on any atom is 0.0788 e. The van der Waals surface area contributed by atoms with Gasteiger partial charge in [0.2, 0.25) is 0 Å². The Morgan fingerprint density at radius 3 is 2.39 bits per heavy atom. The van der Waals surface area contributed by atoms with Gasteiger partial charge in [-0.2, -0.15) is 5.10 Å². The van der Waals surface area contributed by atoms with Crippen LogP contribution in [0.3, 0.4) is 0 Å². The predicted molar refractivity (Wildman–Crippen MR) is 77.9 cm³/mol. The number of piperidine rings is 1. The summed E-state index contributed by atoms with van der Waals surface area (Å²) in [5, 5.41) is 6.52. The Kier molecular flexibility index (Phi) is 4.02. The zero-order valence-electron chi connectivity index (χ0n) is 11.7. The summed E-state index contributed by atoms with van der Waals surface area (Å²) >= 11 is 0. The highest BCUT2D eigenvalue weighted by molar-refractivity contribution is 5.63. The van der Waals surface area contributed by atoms with E-state index < -0.39 is 0 Å². The predicted octanol–water partition coefficient (Wildman–Crippen LogP) is 2.60. The molecule has 0 unspecified atom stereocenters. The number of likely N-dealkylation sites (tertiary alicyclic amines) is 1. The van der Waals surface area contributed by atoms with Gasteiger partial charge < -0.3 is 4.48 Å². The number of para-hydroxylation sites is 1. The lowest BCUT2D eigenvalue weighted by atomic mass is 9.97. The Morgan fingerprint density at radius 1 is 1.17 bits per heavy atom. The summed E-state index contributed by atoms with van der Waals surface area (Å²) in [6.45, 7) is 2.51. The number of benzene rings is 1. The van der Waals surface area contributed by atoms with E-state index in [9.17, 15) is 0 Å². The summed E-state index contributed by atoms with van der Waals surface area (Å²) in [5.74, 6) is 0.641. The topological polar surface area (TPSA) is 15.6 Å². The molecule has 0 spiro atoms.